The van der Waals surface area contributed by atoms with Crippen LogP contribution in [0.1, 0.15) is 32.1 Å². The average molecular weight is 240 g/mol. The van der Waals surface area contributed by atoms with Gasteiger partial charge in [-0.15, -0.1) is 0 Å². The first-order valence-corrected chi connectivity index (χ1v) is 6.40. The predicted molar refractivity (Wildman–Crippen MR) is 62.5 cm³/mol. The molecule has 2 aliphatic rings. The van der Waals surface area contributed by atoms with Crippen molar-refractivity contribution >= 4 is 11.9 Å². The lowest BCUT2D eigenvalue weighted by molar-refractivity contribution is -0.142. The minimum atomic E-state index is -0.699. The molecular formula is C12H20N2O3. The molecule has 0 aromatic rings. The number of carbonyl (C=O) groups is 2. The highest BCUT2D eigenvalue weighted by molar-refractivity contribution is 5.79. The second kappa shape index (κ2) is 5.49. The molecule has 0 radical (unpaired) electrons. The first-order chi connectivity index (χ1) is 8.16. The molecule has 1 aliphatic heterocycles. The molecule has 5 nitrogen and oxygen atoms in total. The molecule has 0 spiro atoms. The zero-order chi connectivity index (χ0) is 12.3. The summed E-state index contributed by atoms with van der Waals surface area (Å²) in [5.74, 6) is -0.674. The molecule has 2 fully saturated rings. The molecule has 1 saturated heterocycles. The second-order valence-corrected chi connectivity index (χ2v) is 5.09. The summed E-state index contributed by atoms with van der Waals surface area (Å²) in [6.07, 6.45) is 3.87. The molecule has 1 amide bonds. The third kappa shape index (κ3) is 3.19. The minimum absolute atomic E-state index is 0.104. The Labute approximate surface area is 101 Å². The van der Waals surface area contributed by atoms with E-state index in [-0.39, 0.29) is 23.8 Å². The maximum Gasteiger partial charge on any atom is 0.306 e. The molecule has 1 heterocycles. The highest BCUT2D eigenvalue weighted by Crippen LogP contribution is 2.24. The summed E-state index contributed by atoms with van der Waals surface area (Å²) >= 11 is 0. The molecule has 1 saturated carbocycles. The summed E-state index contributed by atoms with van der Waals surface area (Å²) in [6.45, 7) is 1.69. The molecule has 96 valence electrons. The number of hydrogen-bond acceptors (Lipinski definition) is 3. The predicted octanol–water partition coefficient (Wildman–Crippen LogP) is 0.355. The van der Waals surface area contributed by atoms with Crippen molar-refractivity contribution in [1.29, 1.82) is 0 Å². The maximum atomic E-state index is 11.9. The van der Waals surface area contributed by atoms with Crippen LogP contribution in [0.3, 0.4) is 0 Å². The molecule has 3 N–H and O–H groups in total. The highest BCUT2D eigenvalue weighted by atomic mass is 16.4. The Morgan fingerprint density at radius 1 is 1.06 bits per heavy atom. The van der Waals surface area contributed by atoms with Gasteiger partial charge in [-0.3, -0.25) is 9.59 Å². The molecule has 1 unspecified atom stereocenters. The van der Waals surface area contributed by atoms with E-state index in [2.05, 4.69) is 10.6 Å². The fourth-order valence-corrected chi connectivity index (χ4v) is 2.68. The molecule has 1 atom stereocenters. The van der Waals surface area contributed by atoms with Crippen LogP contribution in [0.5, 0.6) is 0 Å². The lowest BCUT2D eigenvalue weighted by Gasteiger charge is -2.27. The normalized spacial score (nSPS) is 33.3. The SMILES string of the molecule is O=C(O)C1CCC(NC(=O)C2CCNC2)CC1. The van der Waals surface area contributed by atoms with Gasteiger partial charge in [0.2, 0.25) is 5.91 Å². The third-order valence-electron chi connectivity index (χ3n) is 3.85. The molecule has 0 bridgehead atoms. The Kier molecular flexibility index (Phi) is 3.99. The van der Waals surface area contributed by atoms with E-state index in [0.717, 1.165) is 32.4 Å². The molecule has 0 aromatic heterocycles. The van der Waals surface area contributed by atoms with Crippen molar-refractivity contribution in [3.8, 4) is 0 Å². The number of carbonyl (C=O) groups excluding carboxylic acids is 1. The Morgan fingerprint density at radius 2 is 1.76 bits per heavy atom. The van der Waals surface area contributed by atoms with Gasteiger partial charge in [-0.05, 0) is 38.6 Å². The summed E-state index contributed by atoms with van der Waals surface area (Å²) in [4.78, 5) is 22.7. The van der Waals surface area contributed by atoms with E-state index in [9.17, 15) is 9.59 Å². The lowest BCUT2D eigenvalue weighted by atomic mass is 9.86. The van der Waals surface area contributed by atoms with Crippen molar-refractivity contribution in [2.24, 2.45) is 11.8 Å². The van der Waals surface area contributed by atoms with Crippen LogP contribution in [-0.2, 0) is 9.59 Å². The van der Waals surface area contributed by atoms with E-state index in [1.54, 1.807) is 0 Å². The van der Waals surface area contributed by atoms with Gasteiger partial charge in [-0.25, -0.2) is 0 Å². The monoisotopic (exact) mass is 240 g/mol. The van der Waals surface area contributed by atoms with Crippen molar-refractivity contribution in [3.63, 3.8) is 0 Å². The first kappa shape index (κ1) is 12.4. The van der Waals surface area contributed by atoms with Crippen LogP contribution in [0.2, 0.25) is 0 Å². The van der Waals surface area contributed by atoms with Gasteiger partial charge in [0, 0.05) is 12.6 Å². The zero-order valence-electron chi connectivity index (χ0n) is 9.95. The van der Waals surface area contributed by atoms with E-state index < -0.39 is 5.97 Å². The van der Waals surface area contributed by atoms with Crippen LogP contribution in [0.15, 0.2) is 0 Å². The van der Waals surface area contributed by atoms with Crippen LogP contribution in [0.4, 0.5) is 0 Å². The standard InChI is InChI=1S/C12H20N2O3/c15-11(9-5-6-13-7-9)14-10-3-1-8(2-4-10)12(16)17/h8-10,13H,1-7H2,(H,14,15)(H,16,17). The topological polar surface area (TPSA) is 78.4 Å². The Bertz CT molecular complexity index is 292. The number of carboxylic acids is 1. The van der Waals surface area contributed by atoms with Crippen LogP contribution >= 0.6 is 0 Å². The van der Waals surface area contributed by atoms with Crippen molar-refractivity contribution in [3.05, 3.63) is 0 Å². The van der Waals surface area contributed by atoms with Crippen LogP contribution < -0.4 is 10.6 Å². The number of nitrogens with one attached hydrogen (secondary N) is 2. The summed E-state index contributed by atoms with van der Waals surface area (Å²) in [7, 11) is 0. The Morgan fingerprint density at radius 3 is 2.29 bits per heavy atom. The smallest absolute Gasteiger partial charge is 0.306 e. The van der Waals surface area contributed by atoms with E-state index >= 15 is 0 Å². The van der Waals surface area contributed by atoms with E-state index in [4.69, 9.17) is 5.11 Å². The van der Waals surface area contributed by atoms with Gasteiger partial charge in [0.25, 0.3) is 0 Å². The molecule has 5 heteroatoms. The lowest BCUT2D eigenvalue weighted by Crippen LogP contribution is -2.42. The third-order valence-corrected chi connectivity index (χ3v) is 3.85. The minimum Gasteiger partial charge on any atom is -0.481 e. The zero-order valence-corrected chi connectivity index (χ0v) is 9.95. The number of carboxylic acid groups (broad SMARTS) is 1. The van der Waals surface area contributed by atoms with E-state index in [1.807, 2.05) is 0 Å². The quantitative estimate of drug-likeness (QED) is 0.665. The van der Waals surface area contributed by atoms with Crippen LogP contribution in [-0.4, -0.2) is 36.1 Å². The summed E-state index contributed by atoms with van der Waals surface area (Å²) in [5.41, 5.74) is 0. The maximum absolute atomic E-state index is 11.9. The number of hydrogen-bond donors (Lipinski definition) is 3. The van der Waals surface area contributed by atoms with E-state index in [1.165, 1.54) is 0 Å². The van der Waals surface area contributed by atoms with Crippen LogP contribution in [0.25, 0.3) is 0 Å². The highest BCUT2D eigenvalue weighted by Gasteiger charge is 2.29. The van der Waals surface area contributed by atoms with Crippen molar-refractivity contribution in [1.82, 2.24) is 10.6 Å². The van der Waals surface area contributed by atoms with Gasteiger partial charge in [0.05, 0.1) is 11.8 Å². The van der Waals surface area contributed by atoms with Gasteiger partial charge in [-0.2, -0.15) is 0 Å². The van der Waals surface area contributed by atoms with Gasteiger partial charge in [0.1, 0.15) is 0 Å². The second-order valence-electron chi connectivity index (χ2n) is 5.09. The fraction of sp³-hybridized carbons (Fsp3) is 0.833. The molecule has 1 aliphatic carbocycles. The summed E-state index contributed by atoms with van der Waals surface area (Å²) < 4.78 is 0. The molecule has 2 rings (SSSR count). The van der Waals surface area contributed by atoms with Crippen molar-refractivity contribution in [2.75, 3.05) is 13.1 Å². The number of aliphatic carboxylic acids is 1. The van der Waals surface area contributed by atoms with Gasteiger partial charge < -0.3 is 15.7 Å². The molecular weight excluding hydrogens is 220 g/mol. The van der Waals surface area contributed by atoms with Gasteiger partial charge in [0.15, 0.2) is 0 Å². The summed E-state index contributed by atoms with van der Waals surface area (Å²) in [6, 6.07) is 0.179. The number of rotatable bonds is 3. The van der Waals surface area contributed by atoms with Crippen molar-refractivity contribution < 1.29 is 14.7 Å². The van der Waals surface area contributed by atoms with E-state index in [0.29, 0.717) is 12.8 Å². The largest absolute Gasteiger partial charge is 0.481 e. The Hall–Kier alpha value is -1.10. The number of amides is 1. The van der Waals surface area contributed by atoms with Crippen molar-refractivity contribution in [2.45, 2.75) is 38.1 Å². The molecule has 0 aromatic carbocycles. The summed E-state index contributed by atoms with van der Waals surface area (Å²) in [5, 5.41) is 15.1. The van der Waals surface area contributed by atoms with Gasteiger partial charge in [-0.1, -0.05) is 0 Å². The van der Waals surface area contributed by atoms with Crippen LogP contribution in [0, 0.1) is 11.8 Å². The molecule has 17 heavy (non-hydrogen) atoms. The average Bonchev–Trinajstić information content (AvgIpc) is 2.83. The van der Waals surface area contributed by atoms with Gasteiger partial charge >= 0.3 is 5.97 Å². The first-order valence-electron chi connectivity index (χ1n) is 6.40. The Balaban J connectivity index is 1.74. The fourth-order valence-electron chi connectivity index (χ4n) is 2.68.